The van der Waals surface area contributed by atoms with Crippen LogP contribution in [-0.2, 0) is 0 Å². The van der Waals surface area contributed by atoms with Crippen molar-refractivity contribution >= 4 is 22.6 Å². The molecular weight excluding hydrogens is 379 g/mol. The van der Waals surface area contributed by atoms with E-state index >= 15 is 0 Å². The molecule has 8 nitrogen and oxygen atoms in total. The van der Waals surface area contributed by atoms with Gasteiger partial charge in [0, 0.05) is 18.7 Å². The van der Waals surface area contributed by atoms with E-state index in [1.54, 1.807) is 12.1 Å². The summed E-state index contributed by atoms with van der Waals surface area (Å²) >= 11 is 0. The van der Waals surface area contributed by atoms with E-state index in [0.717, 1.165) is 6.42 Å². The van der Waals surface area contributed by atoms with Crippen molar-refractivity contribution in [2.75, 3.05) is 26.1 Å². The normalized spacial score (nSPS) is 10.5. The van der Waals surface area contributed by atoms with Gasteiger partial charge in [-0.05, 0) is 24.6 Å². The molecule has 29 heavy (non-hydrogen) atoms. The first-order chi connectivity index (χ1) is 14.0. The summed E-state index contributed by atoms with van der Waals surface area (Å²) < 4.78 is 30.7. The zero-order valence-corrected chi connectivity index (χ0v) is 16.3. The molecule has 0 fully saturated rings. The molecule has 0 bridgehead atoms. The summed E-state index contributed by atoms with van der Waals surface area (Å²) in [5.74, 6) is 0.830. The van der Waals surface area contributed by atoms with Crippen molar-refractivity contribution in [2.24, 2.45) is 0 Å². The van der Waals surface area contributed by atoms with Crippen LogP contribution in [0.3, 0.4) is 0 Å². The maximum absolute atomic E-state index is 14.4. The van der Waals surface area contributed by atoms with Crippen LogP contribution in [0, 0.1) is 5.82 Å². The van der Waals surface area contributed by atoms with Gasteiger partial charge >= 0.3 is 6.03 Å². The van der Waals surface area contributed by atoms with Gasteiger partial charge in [-0.3, -0.25) is 0 Å². The Kier molecular flexibility index (Phi) is 6.28. The third-order valence-electron chi connectivity index (χ3n) is 4.04. The van der Waals surface area contributed by atoms with Gasteiger partial charge in [0.25, 0.3) is 0 Å². The molecule has 152 valence electrons. The number of hydrogen-bond acceptors (Lipinski definition) is 6. The second-order valence-electron chi connectivity index (χ2n) is 6.03. The number of rotatable bonds is 7. The lowest BCUT2D eigenvalue weighted by molar-refractivity contribution is 0.252. The van der Waals surface area contributed by atoms with Crippen molar-refractivity contribution in [3.8, 4) is 23.1 Å². The van der Waals surface area contributed by atoms with Crippen LogP contribution < -0.4 is 24.8 Å². The fraction of sp³-hybridized carbons (Fsp3) is 0.250. The van der Waals surface area contributed by atoms with Gasteiger partial charge in [-0.25, -0.2) is 19.2 Å². The molecule has 2 N–H and O–H groups in total. The third-order valence-corrected chi connectivity index (χ3v) is 4.04. The van der Waals surface area contributed by atoms with E-state index in [-0.39, 0.29) is 17.3 Å². The lowest BCUT2D eigenvalue weighted by Crippen LogP contribution is -2.29. The molecule has 0 aliphatic carbocycles. The van der Waals surface area contributed by atoms with Crippen LogP contribution >= 0.6 is 0 Å². The highest BCUT2D eigenvalue weighted by atomic mass is 19.1. The van der Waals surface area contributed by atoms with Crippen LogP contribution in [0.4, 0.5) is 14.9 Å². The Balaban J connectivity index is 1.85. The number of carbonyl (C=O) groups is 1. The summed E-state index contributed by atoms with van der Waals surface area (Å²) in [5.41, 5.74) is 0.629. The highest BCUT2D eigenvalue weighted by molar-refractivity contribution is 5.89. The smallest absolute Gasteiger partial charge is 0.319 e. The highest BCUT2D eigenvalue weighted by Crippen LogP contribution is 2.36. The molecule has 2 aromatic carbocycles. The fourth-order valence-corrected chi connectivity index (χ4v) is 2.62. The average Bonchev–Trinajstić information content (AvgIpc) is 2.73. The van der Waals surface area contributed by atoms with E-state index in [2.05, 4.69) is 20.6 Å². The lowest BCUT2D eigenvalue weighted by atomic mass is 10.2. The molecule has 0 spiro atoms. The quantitative estimate of drug-likeness (QED) is 0.620. The van der Waals surface area contributed by atoms with Crippen molar-refractivity contribution in [2.45, 2.75) is 13.3 Å². The standard InChI is InChI=1S/C20H21FN4O4/c1-4-7-22-20(26)25-15-6-5-12(8-14(15)21)29-19-13-9-17(27-2)18(28-3)10-16(13)23-11-24-19/h5-6,8-11H,4,7H2,1-3H3,(H2,22,25,26). The number of benzene rings is 2. The van der Waals surface area contributed by atoms with Crippen LogP contribution in [0.15, 0.2) is 36.7 Å². The Morgan fingerprint density at radius 3 is 2.55 bits per heavy atom. The molecule has 0 atom stereocenters. The van der Waals surface area contributed by atoms with E-state index < -0.39 is 11.8 Å². The number of nitrogens with zero attached hydrogens (tertiary/aromatic N) is 2. The minimum Gasteiger partial charge on any atom is -0.493 e. The first-order valence-electron chi connectivity index (χ1n) is 8.94. The van der Waals surface area contributed by atoms with E-state index in [0.29, 0.717) is 28.9 Å². The van der Waals surface area contributed by atoms with Crippen LogP contribution in [0.2, 0.25) is 0 Å². The molecule has 9 heteroatoms. The maximum atomic E-state index is 14.4. The van der Waals surface area contributed by atoms with Gasteiger partial charge < -0.3 is 24.8 Å². The zero-order valence-electron chi connectivity index (χ0n) is 16.3. The summed E-state index contributed by atoms with van der Waals surface area (Å²) in [6, 6.07) is 7.04. The Labute approximate surface area is 167 Å². The molecule has 0 radical (unpaired) electrons. The predicted molar refractivity (Wildman–Crippen MR) is 106 cm³/mol. The number of amides is 2. The predicted octanol–water partition coefficient (Wildman–Crippen LogP) is 4.11. The van der Waals surface area contributed by atoms with Crippen molar-refractivity contribution in [1.82, 2.24) is 15.3 Å². The third kappa shape index (κ3) is 4.63. The molecule has 2 amide bonds. The number of ether oxygens (including phenoxy) is 3. The topological polar surface area (TPSA) is 94.6 Å². The number of aromatic nitrogens is 2. The van der Waals surface area contributed by atoms with Crippen molar-refractivity contribution in [1.29, 1.82) is 0 Å². The van der Waals surface area contributed by atoms with E-state index in [9.17, 15) is 9.18 Å². The Hall–Kier alpha value is -3.62. The van der Waals surface area contributed by atoms with Gasteiger partial charge in [0.05, 0.1) is 30.8 Å². The second-order valence-corrected chi connectivity index (χ2v) is 6.03. The van der Waals surface area contributed by atoms with Crippen molar-refractivity contribution < 1.29 is 23.4 Å². The van der Waals surface area contributed by atoms with Crippen LogP contribution in [0.25, 0.3) is 10.9 Å². The molecule has 1 heterocycles. The zero-order chi connectivity index (χ0) is 20.8. The number of anilines is 1. The maximum Gasteiger partial charge on any atom is 0.319 e. The molecule has 0 unspecified atom stereocenters. The van der Waals surface area contributed by atoms with Gasteiger partial charge in [0.2, 0.25) is 5.88 Å². The first kappa shape index (κ1) is 20.1. The van der Waals surface area contributed by atoms with Gasteiger partial charge in [-0.15, -0.1) is 0 Å². The summed E-state index contributed by atoms with van der Waals surface area (Å²) in [7, 11) is 3.05. The van der Waals surface area contributed by atoms with Crippen LogP contribution in [0.1, 0.15) is 13.3 Å². The molecule has 0 saturated heterocycles. The largest absolute Gasteiger partial charge is 0.493 e. The lowest BCUT2D eigenvalue weighted by Gasteiger charge is -2.12. The average molecular weight is 400 g/mol. The fourth-order valence-electron chi connectivity index (χ4n) is 2.62. The van der Waals surface area contributed by atoms with Crippen molar-refractivity contribution in [3.05, 3.63) is 42.5 Å². The van der Waals surface area contributed by atoms with Gasteiger partial charge in [0.1, 0.15) is 17.9 Å². The van der Waals surface area contributed by atoms with Crippen LogP contribution in [-0.4, -0.2) is 36.8 Å². The molecule has 3 rings (SSSR count). The van der Waals surface area contributed by atoms with Gasteiger partial charge in [0.15, 0.2) is 11.5 Å². The number of carbonyl (C=O) groups excluding carboxylic acids is 1. The van der Waals surface area contributed by atoms with Crippen LogP contribution in [0.5, 0.6) is 23.1 Å². The Morgan fingerprint density at radius 1 is 1.10 bits per heavy atom. The monoisotopic (exact) mass is 400 g/mol. The van der Waals surface area contributed by atoms with Gasteiger partial charge in [-0.1, -0.05) is 6.92 Å². The molecule has 0 aliphatic rings. The molecule has 0 saturated carbocycles. The van der Waals surface area contributed by atoms with E-state index in [1.165, 1.54) is 38.7 Å². The minimum absolute atomic E-state index is 0.0462. The number of fused-ring (bicyclic) bond motifs is 1. The number of halogens is 1. The van der Waals surface area contributed by atoms with Crippen molar-refractivity contribution in [3.63, 3.8) is 0 Å². The van der Waals surface area contributed by atoms with Gasteiger partial charge in [-0.2, -0.15) is 0 Å². The number of nitrogens with one attached hydrogen (secondary N) is 2. The second kappa shape index (κ2) is 9.05. The minimum atomic E-state index is -0.633. The highest BCUT2D eigenvalue weighted by Gasteiger charge is 2.14. The number of methoxy groups -OCH3 is 2. The van der Waals surface area contributed by atoms with E-state index in [1.807, 2.05) is 6.92 Å². The Morgan fingerprint density at radius 2 is 1.86 bits per heavy atom. The SMILES string of the molecule is CCCNC(=O)Nc1ccc(Oc2ncnc3cc(OC)c(OC)cc23)cc1F. The summed E-state index contributed by atoms with van der Waals surface area (Å²) in [6.07, 6.45) is 2.13. The molecule has 0 aliphatic heterocycles. The molecular formula is C20H21FN4O4. The summed E-state index contributed by atoms with van der Waals surface area (Å²) in [5, 5.41) is 5.65. The molecule has 1 aromatic heterocycles. The first-order valence-corrected chi connectivity index (χ1v) is 8.94. The molecule has 3 aromatic rings. The Bertz CT molecular complexity index is 1030. The number of urea groups is 1. The summed E-state index contributed by atoms with van der Waals surface area (Å²) in [4.78, 5) is 20.0. The van der Waals surface area contributed by atoms with E-state index in [4.69, 9.17) is 14.2 Å². The summed E-state index contributed by atoms with van der Waals surface area (Å²) in [6.45, 7) is 2.43. The number of hydrogen-bond donors (Lipinski definition) is 2.